The van der Waals surface area contributed by atoms with Gasteiger partial charge < -0.3 is 21.5 Å². The van der Waals surface area contributed by atoms with E-state index in [4.69, 9.17) is 17.3 Å². The number of hydrogen-bond donors (Lipinski definition) is 4. The summed E-state index contributed by atoms with van der Waals surface area (Å²) in [6, 6.07) is 14.8. The molecular weight excluding hydrogens is 518 g/mol. The quantitative estimate of drug-likeness (QED) is 0.277. The van der Waals surface area contributed by atoms with Crippen molar-refractivity contribution in [1.82, 2.24) is 20.1 Å². The number of para-hydroxylation sites is 1. The van der Waals surface area contributed by atoms with Crippen LogP contribution in [0.4, 0.5) is 20.4 Å². The Bertz CT molecular complexity index is 1520. The molecule has 2 aromatic heterocycles. The maximum atomic E-state index is 14.4. The minimum Gasteiger partial charge on any atom is -0.389 e. The minimum atomic E-state index is -1.14. The highest BCUT2D eigenvalue weighted by atomic mass is 35.5. The summed E-state index contributed by atoms with van der Waals surface area (Å²) in [7, 11) is 0. The lowest BCUT2D eigenvalue weighted by molar-refractivity contribution is 0.0691. The predicted octanol–water partition coefficient (Wildman–Crippen LogP) is 4.20. The lowest BCUT2D eigenvalue weighted by Gasteiger charge is -2.16. The van der Waals surface area contributed by atoms with Crippen LogP contribution in [-0.2, 0) is 0 Å². The highest BCUT2D eigenvalue weighted by molar-refractivity contribution is 6.34. The second kappa shape index (κ2) is 10.6. The molecule has 0 bridgehead atoms. The van der Waals surface area contributed by atoms with Crippen LogP contribution in [0.2, 0.25) is 5.02 Å². The highest BCUT2D eigenvalue weighted by Gasteiger charge is 2.22. The lowest BCUT2D eigenvalue weighted by Crippen LogP contribution is -2.38. The number of nitrogens with one attached hydrogen (secondary N) is 2. The summed E-state index contributed by atoms with van der Waals surface area (Å²) in [4.78, 5) is 29.7. The first-order valence-corrected chi connectivity index (χ1v) is 11.7. The summed E-state index contributed by atoms with van der Waals surface area (Å²) >= 11 is 6.27. The van der Waals surface area contributed by atoms with Crippen LogP contribution in [0, 0.1) is 11.6 Å². The molecule has 2 heterocycles. The molecule has 0 saturated carbocycles. The third-order valence-corrected chi connectivity index (χ3v) is 5.64. The van der Waals surface area contributed by atoms with E-state index in [2.05, 4.69) is 20.7 Å². The summed E-state index contributed by atoms with van der Waals surface area (Å²) in [5, 5.41) is 19.5. The number of benzene rings is 2. The first-order chi connectivity index (χ1) is 17.9. The molecule has 0 aliphatic rings. The number of aromatic nitrogens is 3. The number of halogens is 3. The Morgan fingerprint density at radius 2 is 1.76 bits per heavy atom. The van der Waals surface area contributed by atoms with Crippen molar-refractivity contribution in [3.63, 3.8) is 0 Å². The fraction of sp³-hybridized carbons (Fsp3) is 0.154. The zero-order valence-corrected chi connectivity index (χ0v) is 21.1. The fourth-order valence-corrected chi connectivity index (χ4v) is 3.65. The smallest absolute Gasteiger partial charge is 0.271 e. The first kappa shape index (κ1) is 26.7. The molecule has 38 heavy (non-hydrogen) atoms. The molecule has 4 aromatic rings. The average Bonchev–Trinajstić information content (AvgIpc) is 3.29. The van der Waals surface area contributed by atoms with Crippen molar-refractivity contribution >= 4 is 35.1 Å². The normalized spacial score (nSPS) is 11.3. The van der Waals surface area contributed by atoms with Crippen molar-refractivity contribution in [2.45, 2.75) is 19.4 Å². The van der Waals surface area contributed by atoms with Crippen LogP contribution in [0.3, 0.4) is 0 Å². The molecule has 0 aliphatic heterocycles. The van der Waals surface area contributed by atoms with Gasteiger partial charge in [0.05, 0.1) is 21.9 Å². The van der Waals surface area contributed by atoms with E-state index in [0.29, 0.717) is 11.8 Å². The van der Waals surface area contributed by atoms with Crippen LogP contribution in [-0.4, -0.2) is 43.8 Å². The van der Waals surface area contributed by atoms with Crippen LogP contribution < -0.4 is 16.4 Å². The second-order valence-corrected chi connectivity index (χ2v) is 9.40. The maximum absolute atomic E-state index is 14.4. The number of nitrogens with two attached hydrogens (primary N) is 1. The fourth-order valence-electron chi connectivity index (χ4n) is 3.45. The van der Waals surface area contributed by atoms with Crippen molar-refractivity contribution in [2.24, 2.45) is 0 Å². The molecule has 9 nitrogen and oxygen atoms in total. The van der Waals surface area contributed by atoms with Crippen LogP contribution in [0.15, 0.2) is 60.7 Å². The van der Waals surface area contributed by atoms with E-state index in [1.54, 1.807) is 44.2 Å². The molecule has 2 aromatic carbocycles. The van der Waals surface area contributed by atoms with E-state index < -0.39 is 34.9 Å². The van der Waals surface area contributed by atoms with Crippen LogP contribution >= 0.6 is 11.6 Å². The molecule has 0 fully saturated rings. The average molecular weight is 541 g/mol. The molecular formula is C26H23ClF2N6O3. The molecule has 0 radical (unpaired) electrons. The molecule has 196 valence electrons. The maximum Gasteiger partial charge on any atom is 0.271 e. The van der Waals surface area contributed by atoms with E-state index in [1.165, 1.54) is 28.9 Å². The zero-order valence-electron chi connectivity index (χ0n) is 20.3. The molecule has 12 heteroatoms. The molecule has 5 N–H and O–H groups in total. The van der Waals surface area contributed by atoms with Gasteiger partial charge in [-0.1, -0.05) is 35.9 Å². The predicted molar refractivity (Wildman–Crippen MR) is 139 cm³/mol. The minimum absolute atomic E-state index is 0.0127. The van der Waals surface area contributed by atoms with Crippen LogP contribution in [0.1, 0.15) is 34.7 Å². The molecule has 0 unspecified atom stereocenters. The van der Waals surface area contributed by atoms with E-state index in [9.17, 15) is 23.5 Å². The lowest BCUT2D eigenvalue weighted by atomic mass is 10.1. The van der Waals surface area contributed by atoms with Crippen LogP contribution in [0.5, 0.6) is 0 Å². The summed E-state index contributed by atoms with van der Waals surface area (Å²) in [6.07, 6.45) is 0. The topological polar surface area (TPSA) is 135 Å². The van der Waals surface area contributed by atoms with Gasteiger partial charge in [0.1, 0.15) is 11.5 Å². The molecule has 0 spiro atoms. The van der Waals surface area contributed by atoms with Crippen molar-refractivity contribution in [1.29, 1.82) is 0 Å². The van der Waals surface area contributed by atoms with Crippen molar-refractivity contribution in [3.05, 3.63) is 88.6 Å². The first-order valence-electron chi connectivity index (χ1n) is 11.3. The van der Waals surface area contributed by atoms with Gasteiger partial charge in [-0.05, 0) is 38.1 Å². The Morgan fingerprint density at radius 3 is 2.45 bits per heavy atom. The molecule has 0 atom stereocenters. The van der Waals surface area contributed by atoms with E-state index in [1.807, 2.05) is 0 Å². The number of nitrogen functional groups attached to an aromatic ring is 1. The number of aliphatic hydroxyl groups is 1. The van der Waals surface area contributed by atoms with E-state index in [0.717, 1.165) is 0 Å². The number of rotatable bonds is 7. The van der Waals surface area contributed by atoms with Crippen molar-refractivity contribution < 1.29 is 23.5 Å². The summed E-state index contributed by atoms with van der Waals surface area (Å²) < 4.78 is 29.3. The third-order valence-electron chi connectivity index (χ3n) is 5.31. The van der Waals surface area contributed by atoms with E-state index >= 15 is 0 Å². The molecule has 2 amide bonds. The highest BCUT2D eigenvalue weighted by Crippen LogP contribution is 2.28. The van der Waals surface area contributed by atoms with Gasteiger partial charge in [-0.15, -0.1) is 0 Å². The number of pyridine rings is 1. The Hall–Kier alpha value is -4.35. The van der Waals surface area contributed by atoms with Gasteiger partial charge in [0, 0.05) is 24.2 Å². The monoisotopic (exact) mass is 540 g/mol. The van der Waals surface area contributed by atoms with Crippen LogP contribution in [0.25, 0.3) is 16.9 Å². The number of nitrogens with zero attached hydrogens (tertiary/aromatic N) is 3. The Morgan fingerprint density at radius 1 is 1.05 bits per heavy atom. The Labute approximate surface area is 221 Å². The Kier molecular flexibility index (Phi) is 7.42. The van der Waals surface area contributed by atoms with Crippen molar-refractivity contribution in [2.75, 3.05) is 17.6 Å². The number of amides is 2. The summed E-state index contributed by atoms with van der Waals surface area (Å²) in [5.41, 5.74) is 4.74. The largest absolute Gasteiger partial charge is 0.389 e. The van der Waals surface area contributed by atoms with Gasteiger partial charge >= 0.3 is 0 Å². The summed E-state index contributed by atoms with van der Waals surface area (Å²) in [6.45, 7) is 3.06. The zero-order chi connectivity index (χ0) is 27.6. The van der Waals surface area contributed by atoms with Gasteiger partial charge in [-0.3, -0.25) is 9.59 Å². The number of anilines is 2. The van der Waals surface area contributed by atoms with Gasteiger partial charge in [0.25, 0.3) is 11.8 Å². The van der Waals surface area contributed by atoms with Gasteiger partial charge in [0.15, 0.2) is 23.1 Å². The Balaban J connectivity index is 1.68. The molecule has 0 aliphatic carbocycles. The SMILES string of the molecule is CC(C)(O)CNC(=O)c1cc(NC(=O)c2cc(-c3nc(N)c(F)cc3F)ccc2Cl)n(-c2ccccc2)n1. The number of carbonyl (C=O) groups excluding carboxylic acids is 2. The third kappa shape index (κ3) is 5.96. The number of carbonyl (C=O) groups is 2. The standard InChI is InChI=1S/C26H23ClF2N6O3/c1-26(2,38)13-31-25(37)20-12-21(35(34-20)15-6-4-3-5-7-15)32-24(36)16-10-14(8-9-17(16)27)22-18(28)11-19(29)23(30)33-22/h3-12,38H,13H2,1-2H3,(H2,30,33)(H,31,37)(H,32,36). The molecule has 0 saturated heterocycles. The second-order valence-electron chi connectivity index (χ2n) is 8.99. The van der Waals surface area contributed by atoms with Gasteiger partial charge in [-0.25, -0.2) is 18.4 Å². The number of hydrogen-bond acceptors (Lipinski definition) is 6. The van der Waals surface area contributed by atoms with Gasteiger partial charge in [0.2, 0.25) is 0 Å². The summed E-state index contributed by atoms with van der Waals surface area (Å²) in [5.74, 6) is -3.57. The van der Waals surface area contributed by atoms with Crippen molar-refractivity contribution in [3.8, 4) is 16.9 Å². The van der Waals surface area contributed by atoms with Gasteiger partial charge in [-0.2, -0.15) is 5.10 Å². The van der Waals surface area contributed by atoms with E-state index in [-0.39, 0.29) is 39.9 Å². The molecule has 4 rings (SSSR count).